The Morgan fingerprint density at radius 2 is 1.91 bits per heavy atom. The van der Waals surface area contributed by atoms with E-state index in [1.165, 1.54) is 18.4 Å². The van der Waals surface area contributed by atoms with Gasteiger partial charge in [0.2, 0.25) is 0 Å². The highest BCUT2D eigenvalue weighted by atomic mass is 16.1. The van der Waals surface area contributed by atoms with Crippen molar-refractivity contribution in [2.75, 3.05) is 30.3 Å². The summed E-state index contributed by atoms with van der Waals surface area (Å²) in [5.74, 6) is 0. The van der Waals surface area contributed by atoms with Crippen LogP contribution in [0.1, 0.15) is 45.1 Å². The van der Waals surface area contributed by atoms with E-state index in [0.29, 0.717) is 0 Å². The van der Waals surface area contributed by atoms with Crippen molar-refractivity contribution < 1.29 is 4.79 Å². The van der Waals surface area contributed by atoms with Crippen LogP contribution in [0, 0.1) is 0 Å². The molecule has 2 aliphatic rings. The molecule has 22 heavy (non-hydrogen) atoms. The molecule has 1 aromatic rings. The van der Waals surface area contributed by atoms with Crippen LogP contribution in [0.25, 0.3) is 0 Å². The lowest BCUT2D eigenvalue weighted by atomic mass is 9.80. The van der Waals surface area contributed by atoms with E-state index in [-0.39, 0.29) is 11.6 Å². The normalized spacial score (nSPS) is 22.9. The third kappa shape index (κ3) is 2.72. The number of hydrogen-bond acceptors (Lipinski definition) is 4. The van der Waals surface area contributed by atoms with Gasteiger partial charge >= 0.3 is 0 Å². The molecule has 4 heteroatoms. The van der Waals surface area contributed by atoms with E-state index >= 15 is 0 Å². The fourth-order valence-corrected chi connectivity index (χ4v) is 3.94. The van der Waals surface area contributed by atoms with E-state index in [2.05, 4.69) is 35.8 Å². The van der Waals surface area contributed by atoms with Crippen molar-refractivity contribution >= 4 is 17.7 Å². The second-order valence-electron chi connectivity index (χ2n) is 7.25. The van der Waals surface area contributed by atoms with Crippen LogP contribution in [0.15, 0.2) is 18.2 Å². The SMILES string of the molecule is CC1(C)CCCN(C(C=O)N2CCCC2)c2cc(N)ccc21. The fourth-order valence-electron chi connectivity index (χ4n) is 3.94. The number of nitrogens with two attached hydrogens (primary N) is 1. The quantitative estimate of drug-likeness (QED) is 0.689. The number of anilines is 2. The third-order valence-electron chi connectivity index (χ3n) is 5.22. The zero-order valence-corrected chi connectivity index (χ0v) is 13.7. The molecule has 0 spiro atoms. The van der Waals surface area contributed by atoms with E-state index in [9.17, 15) is 4.79 Å². The Hall–Kier alpha value is -1.55. The van der Waals surface area contributed by atoms with Gasteiger partial charge in [-0.1, -0.05) is 19.9 Å². The topological polar surface area (TPSA) is 49.6 Å². The number of carbonyl (C=O) groups excluding carboxylic acids is 1. The minimum absolute atomic E-state index is 0.121. The van der Waals surface area contributed by atoms with Crippen LogP contribution in [-0.4, -0.2) is 37.0 Å². The number of nitrogens with zero attached hydrogens (tertiary/aromatic N) is 2. The summed E-state index contributed by atoms with van der Waals surface area (Å²) in [6, 6.07) is 6.18. The van der Waals surface area contributed by atoms with Gasteiger partial charge in [-0.3, -0.25) is 9.69 Å². The summed E-state index contributed by atoms with van der Waals surface area (Å²) in [5, 5.41) is 0. The molecular weight excluding hydrogens is 274 g/mol. The van der Waals surface area contributed by atoms with Crippen LogP contribution >= 0.6 is 0 Å². The number of carbonyl (C=O) groups is 1. The first-order valence-electron chi connectivity index (χ1n) is 8.39. The molecule has 0 amide bonds. The Labute approximate surface area is 133 Å². The molecule has 2 N–H and O–H groups in total. The van der Waals surface area contributed by atoms with Crippen LogP contribution in [0.5, 0.6) is 0 Å². The smallest absolute Gasteiger partial charge is 0.157 e. The Kier molecular flexibility index (Phi) is 4.13. The number of aldehydes is 1. The molecule has 1 unspecified atom stereocenters. The monoisotopic (exact) mass is 301 g/mol. The summed E-state index contributed by atoms with van der Waals surface area (Å²) >= 11 is 0. The molecule has 0 radical (unpaired) electrons. The lowest BCUT2D eigenvalue weighted by molar-refractivity contribution is -0.112. The summed E-state index contributed by atoms with van der Waals surface area (Å²) in [6.07, 6.45) is 5.56. The first-order chi connectivity index (χ1) is 10.5. The molecule has 0 bridgehead atoms. The number of nitrogen functional groups attached to an aromatic ring is 1. The van der Waals surface area contributed by atoms with Gasteiger partial charge in [-0.05, 0) is 48.8 Å². The number of rotatable bonds is 3. The predicted molar refractivity (Wildman–Crippen MR) is 91.1 cm³/mol. The van der Waals surface area contributed by atoms with Gasteiger partial charge in [0.05, 0.1) is 0 Å². The van der Waals surface area contributed by atoms with Crippen molar-refractivity contribution in [3.63, 3.8) is 0 Å². The molecule has 2 aliphatic heterocycles. The summed E-state index contributed by atoms with van der Waals surface area (Å²) in [7, 11) is 0. The van der Waals surface area contributed by atoms with E-state index in [0.717, 1.165) is 50.1 Å². The van der Waals surface area contributed by atoms with Crippen molar-refractivity contribution in [3.8, 4) is 0 Å². The zero-order chi connectivity index (χ0) is 15.7. The van der Waals surface area contributed by atoms with Gasteiger partial charge in [0, 0.05) is 31.0 Å². The van der Waals surface area contributed by atoms with E-state index in [4.69, 9.17) is 5.73 Å². The highest BCUT2D eigenvalue weighted by Gasteiger charge is 2.34. The van der Waals surface area contributed by atoms with Crippen molar-refractivity contribution in [2.45, 2.75) is 51.1 Å². The molecule has 1 atom stereocenters. The van der Waals surface area contributed by atoms with Gasteiger partial charge in [-0.15, -0.1) is 0 Å². The summed E-state index contributed by atoms with van der Waals surface area (Å²) in [5.41, 5.74) is 9.40. The number of benzene rings is 1. The van der Waals surface area contributed by atoms with Crippen LogP contribution in [0.3, 0.4) is 0 Å². The summed E-state index contributed by atoms with van der Waals surface area (Å²) in [6.45, 7) is 7.52. The Morgan fingerprint density at radius 1 is 1.18 bits per heavy atom. The molecule has 4 nitrogen and oxygen atoms in total. The highest BCUT2D eigenvalue weighted by molar-refractivity contribution is 5.71. The molecular formula is C18H27N3O. The average molecular weight is 301 g/mol. The van der Waals surface area contributed by atoms with Crippen LogP contribution in [0.2, 0.25) is 0 Å². The largest absolute Gasteiger partial charge is 0.399 e. The Morgan fingerprint density at radius 3 is 2.59 bits per heavy atom. The van der Waals surface area contributed by atoms with Gasteiger partial charge in [0.15, 0.2) is 6.29 Å². The van der Waals surface area contributed by atoms with E-state index in [1.807, 2.05) is 6.07 Å². The third-order valence-corrected chi connectivity index (χ3v) is 5.22. The molecule has 0 aliphatic carbocycles. The second-order valence-corrected chi connectivity index (χ2v) is 7.25. The molecule has 1 fully saturated rings. The van der Waals surface area contributed by atoms with Crippen molar-refractivity contribution in [1.29, 1.82) is 0 Å². The fraction of sp³-hybridized carbons (Fsp3) is 0.611. The maximum absolute atomic E-state index is 11.8. The molecule has 120 valence electrons. The van der Waals surface area contributed by atoms with Crippen molar-refractivity contribution in [3.05, 3.63) is 23.8 Å². The van der Waals surface area contributed by atoms with Crippen LogP contribution in [0.4, 0.5) is 11.4 Å². The average Bonchev–Trinajstić information content (AvgIpc) is 2.96. The second kappa shape index (κ2) is 5.92. The Balaban J connectivity index is 2.03. The number of fused-ring (bicyclic) bond motifs is 1. The molecule has 1 aromatic carbocycles. The van der Waals surface area contributed by atoms with Crippen molar-refractivity contribution in [2.24, 2.45) is 0 Å². The van der Waals surface area contributed by atoms with Gasteiger partial charge < -0.3 is 10.6 Å². The number of likely N-dealkylation sites (tertiary alicyclic amines) is 1. The first kappa shape index (κ1) is 15.3. The lowest BCUT2D eigenvalue weighted by Gasteiger charge is -2.37. The highest BCUT2D eigenvalue weighted by Crippen LogP contribution is 2.40. The van der Waals surface area contributed by atoms with Gasteiger partial charge in [-0.25, -0.2) is 0 Å². The molecule has 0 aromatic heterocycles. The number of hydrogen-bond donors (Lipinski definition) is 1. The van der Waals surface area contributed by atoms with Crippen molar-refractivity contribution in [1.82, 2.24) is 4.90 Å². The van der Waals surface area contributed by atoms with E-state index in [1.54, 1.807) is 0 Å². The van der Waals surface area contributed by atoms with Gasteiger partial charge in [-0.2, -0.15) is 0 Å². The maximum Gasteiger partial charge on any atom is 0.157 e. The standard InChI is InChI=1S/C18H27N3O/c1-18(2)8-5-11-21(16-12-14(19)6-7-15(16)18)17(13-22)20-9-3-4-10-20/h6-7,12-13,17H,3-5,8-11,19H2,1-2H3. The Bertz CT molecular complexity index is 549. The molecule has 3 rings (SSSR count). The molecule has 0 saturated carbocycles. The molecule has 2 heterocycles. The first-order valence-corrected chi connectivity index (χ1v) is 8.39. The van der Waals surface area contributed by atoms with Crippen LogP contribution < -0.4 is 10.6 Å². The predicted octanol–water partition coefficient (Wildman–Crippen LogP) is 2.77. The van der Waals surface area contributed by atoms with Crippen LogP contribution in [-0.2, 0) is 10.2 Å². The lowest BCUT2D eigenvalue weighted by Crippen LogP contribution is -2.49. The van der Waals surface area contributed by atoms with Gasteiger partial charge in [0.25, 0.3) is 0 Å². The molecule has 1 saturated heterocycles. The maximum atomic E-state index is 11.8. The minimum atomic E-state index is -0.156. The van der Waals surface area contributed by atoms with Gasteiger partial charge in [0.1, 0.15) is 6.17 Å². The van der Waals surface area contributed by atoms with E-state index < -0.39 is 0 Å². The zero-order valence-electron chi connectivity index (χ0n) is 13.7. The minimum Gasteiger partial charge on any atom is -0.399 e. The summed E-state index contributed by atoms with van der Waals surface area (Å²) < 4.78 is 0. The summed E-state index contributed by atoms with van der Waals surface area (Å²) in [4.78, 5) is 16.4.